The number of nitrogens with one attached hydrogen (secondary N) is 1. The normalized spacial score (nSPS) is 16.9. The van der Waals surface area contributed by atoms with Gasteiger partial charge in [0.05, 0.1) is 36.3 Å². The van der Waals surface area contributed by atoms with Gasteiger partial charge in [-0.25, -0.2) is 4.98 Å². The highest BCUT2D eigenvalue weighted by Gasteiger charge is 2.32. The van der Waals surface area contributed by atoms with Crippen LogP contribution < -0.4 is 25.4 Å². The molecule has 1 unspecified atom stereocenters. The van der Waals surface area contributed by atoms with Crippen LogP contribution in [-0.2, 0) is 13.7 Å². The van der Waals surface area contributed by atoms with E-state index in [0.29, 0.717) is 56.8 Å². The summed E-state index contributed by atoms with van der Waals surface area (Å²) in [4.78, 5) is 38.2. The highest BCUT2D eigenvalue weighted by atomic mass is 35.5. The maximum Gasteiger partial charge on any atom is 0.274 e. The number of hydrogen-bond acceptors (Lipinski definition) is 8. The molecule has 10 nitrogen and oxygen atoms in total. The number of ether oxygens (including phenoxy) is 1. The van der Waals surface area contributed by atoms with Gasteiger partial charge in [-0.05, 0) is 67.9 Å². The van der Waals surface area contributed by atoms with E-state index in [4.69, 9.17) is 16.3 Å². The Morgan fingerprint density at radius 3 is 2.55 bits per heavy atom. The van der Waals surface area contributed by atoms with Crippen LogP contribution in [0.5, 0.6) is 5.75 Å². The van der Waals surface area contributed by atoms with Gasteiger partial charge in [-0.2, -0.15) is 0 Å². The van der Waals surface area contributed by atoms with Crippen molar-refractivity contribution < 1.29 is 14.6 Å². The van der Waals surface area contributed by atoms with Crippen LogP contribution in [0.4, 0.5) is 22.9 Å². The topological polar surface area (TPSA) is 103 Å². The van der Waals surface area contributed by atoms with E-state index in [1.165, 1.54) is 4.57 Å². The van der Waals surface area contributed by atoms with Crippen LogP contribution in [0.25, 0.3) is 11.1 Å². The van der Waals surface area contributed by atoms with Crippen molar-refractivity contribution in [3.8, 4) is 16.9 Å². The molecule has 2 aromatic carbocycles. The molecule has 2 N–H and O–H groups in total. The van der Waals surface area contributed by atoms with E-state index in [9.17, 15) is 14.7 Å². The quantitative estimate of drug-likeness (QED) is 0.237. The molecule has 0 spiro atoms. The molecule has 1 fully saturated rings. The summed E-state index contributed by atoms with van der Waals surface area (Å²) in [5.41, 5.74) is 4.12. The first kappa shape index (κ1) is 32.6. The third kappa shape index (κ3) is 7.00. The van der Waals surface area contributed by atoms with Gasteiger partial charge in [-0.3, -0.25) is 9.59 Å². The number of hydrogen-bond donors (Lipinski definition) is 2. The molecule has 0 radical (unpaired) electrons. The Kier molecular flexibility index (Phi) is 9.81. The largest absolute Gasteiger partial charge is 0.488 e. The zero-order valence-electron chi connectivity index (χ0n) is 27.1. The Balaban J connectivity index is 1.33. The number of rotatable bonds is 9. The zero-order chi connectivity index (χ0) is 33.1. The number of unbranched alkanes of at least 4 members (excludes halogenated alkanes) is 1. The Bertz CT molecular complexity index is 1800. The maximum atomic E-state index is 14.1. The average Bonchev–Trinajstić information content (AvgIpc) is 3.21. The molecule has 1 saturated heterocycles. The van der Waals surface area contributed by atoms with Crippen LogP contribution in [0.15, 0.2) is 71.8 Å². The molecular formula is C36H41ClN6O4. The van der Waals surface area contributed by atoms with Crippen LogP contribution in [0.2, 0.25) is 5.02 Å². The molecule has 2 aromatic heterocycles. The van der Waals surface area contributed by atoms with Gasteiger partial charge >= 0.3 is 0 Å². The van der Waals surface area contributed by atoms with Crippen molar-refractivity contribution in [2.24, 2.45) is 7.05 Å². The van der Waals surface area contributed by atoms with E-state index >= 15 is 0 Å². The average molecular weight is 657 g/mol. The number of aliphatic hydroxyl groups is 1. The minimum Gasteiger partial charge on any atom is -0.488 e. The summed E-state index contributed by atoms with van der Waals surface area (Å²) in [6.45, 7) is 6.00. The summed E-state index contributed by atoms with van der Waals surface area (Å²) in [7, 11) is 3.82. The van der Waals surface area contributed by atoms with Crippen LogP contribution >= 0.6 is 11.6 Å². The number of anilines is 4. The summed E-state index contributed by atoms with van der Waals surface area (Å²) in [5.74, 6) is 0.810. The Hall–Kier alpha value is -4.38. The van der Waals surface area contributed by atoms with Gasteiger partial charge in [0.25, 0.3) is 11.5 Å². The number of aromatic nitrogens is 2. The molecule has 0 bridgehead atoms. The summed E-state index contributed by atoms with van der Waals surface area (Å²) in [6, 6.07) is 16.4. The molecule has 11 heteroatoms. The highest BCUT2D eigenvalue weighted by molar-refractivity contribution is 6.31. The third-order valence-corrected chi connectivity index (χ3v) is 9.19. The lowest BCUT2D eigenvalue weighted by Gasteiger charge is -2.33. The summed E-state index contributed by atoms with van der Waals surface area (Å²) in [6.07, 6.45) is 6.05. The smallest absolute Gasteiger partial charge is 0.274 e. The lowest BCUT2D eigenvalue weighted by atomic mass is 9.98. The second kappa shape index (κ2) is 14.2. The van der Waals surface area contributed by atoms with Crippen LogP contribution in [0, 0.1) is 0 Å². The lowest BCUT2D eigenvalue weighted by molar-refractivity contribution is 0.0986. The Morgan fingerprint density at radius 2 is 1.83 bits per heavy atom. The predicted octanol–water partition coefficient (Wildman–Crippen LogP) is 5.69. The van der Waals surface area contributed by atoms with E-state index in [1.807, 2.05) is 36.5 Å². The first-order chi connectivity index (χ1) is 22.7. The van der Waals surface area contributed by atoms with E-state index in [0.717, 1.165) is 51.1 Å². The number of aryl methyl sites for hydroxylation is 1. The van der Waals surface area contributed by atoms with Crippen molar-refractivity contribution >= 4 is 40.4 Å². The number of likely N-dealkylation sites (N-methyl/N-ethyl adjacent to an activating group) is 1. The van der Waals surface area contributed by atoms with Gasteiger partial charge in [0, 0.05) is 55.6 Å². The number of aliphatic hydroxyl groups excluding tert-OH is 1. The molecule has 4 heterocycles. The van der Waals surface area contributed by atoms with Crippen molar-refractivity contribution in [3.05, 3.63) is 93.5 Å². The molecule has 0 aliphatic carbocycles. The van der Waals surface area contributed by atoms with E-state index in [1.54, 1.807) is 42.4 Å². The molecule has 2 aliphatic rings. The maximum absolute atomic E-state index is 14.1. The van der Waals surface area contributed by atoms with Gasteiger partial charge in [0.1, 0.15) is 23.4 Å². The molecule has 1 amide bonds. The van der Waals surface area contributed by atoms with Crippen LogP contribution in [0.3, 0.4) is 0 Å². The van der Waals surface area contributed by atoms with Gasteiger partial charge in [-0.1, -0.05) is 37.1 Å². The van der Waals surface area contributed by atoms with Gasteiger partial charge in [-0.15, -0.1) is 0 Å². The molecule has 0 saturated carbocycles. The summed E-state index contributed by atoms with van der Waals surface area (Å²) < 4.78 is 7.84. The van der Waals surface area contributed by atoms with Crippen molar-refractivity contribution in [1.82, 2.24) is 14.5 Å². The number of carbonyl (C=O) groups excluding carboxylic acids is 1. The van der Waals surface area contributed by atoms with Crippen molar-refractivity contribution in [3.63, 3.8) is 0 Å². The zero-order valence-corrected chi connectivity index (χ0v) is 27.8. The molecule has 47 heavy (non-hydrogen) atoms. The van der Waals surface area contributed by atoms with Gasteiger partial charge < -0.3 is 34.4 Å². The predicted molar refractivity (Wildman–Crippen MR) is 187 cm³/mol. The second-order valence-electron chi connectivity index (χ2n) is 12.3. The SMILES string of the molecule is CCCCC1CN(c2cccc(-c3cc(Nc4ccc(N5CCN(C)CC5)cn4)c(=O)n(C)c3)c2CO)C(=O)c2cc(Cl)ccc2O1. The number of halogens is 1. The Morgan fingerprint density at radius 1 is 1.02 bits per heavy atom. The first-order valence-electron chi connectivity index (χ1n) is 16.1. The number of piperazine rings is 1. The number of amides is 1. The van der Waals surface area contributed by atoms with Crippen LogP contribution in [0.1, 0.15) is 42.1 Å². The fourth-order valence-corrected chi connectivity index (χ4v) is 6.45. The van der Waals surface area contributed by atoms with Crippen molar-refractivity contribution in [2.75, 3.05) is 54.9 Å². The van der Waals surface area contributed by atoms with Crippen molar-refractivity contribution in [2.45, 2.75) is 38.9 Å². The number of nitrogens with zero attached hydrogens (tertiary/aromatic N) is 5. The molecular weight excluding hydrogens is 616 g/mol. The molecule has 1 atom stereocenters. The molecule has 2 aliphatic heterocycles. The number of carbonyl (C=O) groups is 1. The number of pyridine rings is 2. The summed E-state index contributed by atoms with van der Waals surface area (Å²) >= 11 is 6.31. The van der Waals surface area contributed by atoms with E-state index in [-0.39, 0.29) is 24.2 Å². The molecule has 6 rings (SSSR count). The summed E-state index contributed by atoms with van der Waals surface area (Å²) in [5, 5.41) is 14.4. The Labute approximate surface area is 280 Å². The monoisotopic (exact) mass is 656 g/mol. The fourth-order valence-electron chi connectivity index (χ4n) is 6.27. The fraction of sp³-hybridized carbons (Fsp3) is 0.361. The minimum atomic E-state index is -0.320. The van der Waals surface area contributed by atoms with Gasteiger partial charge in [0.15, 0.2) is 0 Å². The molecule has 246 valence electrons. The van der Waals surface area contributed by atoms with Gasteiger partial charge in [0.2, 0.25) is 0 Å². The van der Waals surface area contributed by atoms with Crippen molar-refractivity contribution in [1.29, 1.82) is 0 Å². The lowest BCUT2D eigenvalue weighted by Crippen LogP contribution is -2.44. The number of fused-ring (bicyclic) bond motifs is 1. The van der Waals surface area contributed by atoms with Crippen LogP contribution in [-0.4, -0.2) is 71.3 Å². The van der Waals surface area contributed by atoms with E-state index in [2.05, 4.69) is 34.1 Å². The highest BCUT2D eigenvalue weighted by Crippen LogP contribution is 2.37. The second-order valence-corrected chi connectivity index (χ2v) is 12.7. The first-order valence-corrected chi connectivity index (χ1v) is 16.5. The third-order valence-electron chi connectivity index (χ3n) is 8.95. The minimum absolute atomic E-state index is 0.215. The standard InChI is InChI=1S/C36H41ClN6O4/c1-4-5-7-27-22-43(35(45)29-19-25(37)10-12-33(29)47-27)32-9-6-8-28(30(32)23-44)24-18-31(36(46)41(3)21-24)39-34-13-11-26(20-38-34)42-16-14-40(2)15-17-42/h6,8-13,18-21,27,44H,4-5,7,14-17,22-23H2,1-3H3,(H,38,39). The number of benzene rings is 2. The van der Waals surface area contributed by atoms with E-state index < -0.39 is 0 Å². The molecule has 4 aromatic rings.